The molecule has 3 aliphatic rings. The van der Waals surface area contributed by atoms with Gasteiger partial charge in [-0.1, -0.05) is 55.2 Å². The van der Waals surface area contributed by atoms with Gasteiger partial charge in [-0.3, -0.25) is 19.4 Å². The third-order valence-electron chi connectivity index (χ3n) is 7.21. The molecule has 2 atom stereocenters. The molecule has 1 fully saturated rings. The lowest BCUT2D eigenvalue weighted by Crippen LogP contribution is -2.38. The summed E-state index contributed by atoms with van der Waals surface area (Å²) in [6.07, 6.45) is 14.0. The third kappa shape index (κ3) is 8.45. The minimum atomic E-state index is -0.344. The van der Waals surface area contributed by atoms with E-state index in [4.69, 9.17) is 12.2 Å². The van der Waals surface area contributed by atoms with Crippen LogP contribution in [0.4, 0.5) is 0 Å². The number of nitroso groups, excluding NO2 is 1. The van der Waals surface area contributed by atoms with Crippen LogP contribution in [0.15, 0.2) is 86.8 Å². The molecule has 1 saturated heterocycles. The van der Waals surface area contributed by atoms with Crippen molar-refractivity contribution in [1.82, 2.24) is 21.3 Å². The van der Waals surface area contributed by atoms with Gasteiger partial charge in [0.15, 0.2) is 0 Å². The first-order valence-electron chi connectivity index (χ1n) is 14.1. The minimum absolute atomic E-state index is 0.0513. The van der Waals surface area contributed by atoms with Crippen LogP contribution >= 0.6 is 24.0 Å². The summed E-state index contributed by atoms with van der Waals surface area (Å²) in [6.45, 7) is 3.02. The van der Waals surface area contributed by atoms with Crippen molar-refractivity contribution < 1.29 is 14.4 Å². The van der Waals surface area contributed by atoms with Crippen LogP contribution in [0, 0.1) is 16.7 Å². The molecule has 0 aromatic heterocycles. The second-order valence-electron chi connectivity index (χ2n) is 10.1. The Morgan fingerprint density at radius 2 is 1.81 bits per heavy atom. The van der Waals surface area contributed by atoms with Gasteiger partial charge in [-0.25, -0.2) is 0 Å². The Morgan fingerprint density at radius 3 is 2.49 bits per heavy atom. The Morgan fingerprint density at radius 1 is 1.07 bits per heavy atom. The Hall–Kier alpha value is -4.16. The number of carbonyl (C=O) groups excluding carboxylic acids is 3. The van der Waals surface area contributed by atoms with Crippen LogP contribution in [-0.4, -0.2) is 47.9 Å². The molecule has 4 rings (SSSR count). The van der Waals surface area contributed by atoms with Crippen molar-refractivity contribution in [2.75, 3.05) is 20.1 Å². The van der Waals surface area contributed by atoms with Crippen LogP contribution in [0.25, 0.3) is 6.08 Å². The predicted octanol–water partition coefficient (Wildman–Crippen LogP) is 4.50. The van der Waals surface area contributed by atoms with E-state index < -0.39 is 0 Å². The molecular formula is C31H34N6O4S2. The standard InChI is InChI=1S/C31H34N6O4S2/c1-19-23(14-15-25(37-41)27(19)32-2)35-24-9-5-4-8-22(24)29(39)34-17-7-3-6-16-33-28(38)21-12-10-20(11-13-21)18-26-30(40)36-31(42)43-26/h4-5,9-15,18-19,22,35H,3,6-8,16-17H2,1-2H3,(H,33,38)(H,34,39)(H,36,40,42)/b26-18-,32-27+/t19?,22-/m0/s1. The number of hydrogen-bond acceptors (Lipinski definition) is 9. The van der Waals surface area contributed by atoms with Gasteiger partial charge in [0.1, 0.15) is 10.0 Å². The van der Waals surface area contributed by atoms with Gasteiger partial charge in [-0.15, -0.1) is 4.91 Å². The Labute approximate surface area is 260 Å². The van der Waals surface area contributed by atoms with E-state index in [1.165, 1.54) is 11.8 Å². The van der Waals surface area contributed by atoms with Crippen molar-refractivity contribution in [2.24, 2.45) is 22.0 Å². The quantitative estimate of drug-likeness (QED) is 0.117. The van der Waals surface area contributed by atoms with E-state index in [0.29, 0.717) is 45.7 Å². The third-order valence-corrected chi connectivity index (χ3v) is 8.38. The summed E-state index contributed by atoms with van der Waals surface area (Å²) in [5, 5.41) is 15.0. The fraction of sp³-hybridized carbons (Fsp3) is 0.323. The first kappa shape index (κ1) is 31.8. The second-order valence-corrected chi connectivity index (χ2v) is 11.9. The smallest absolute Gasteiger partial charge is 0.263 e. The summed E-state index contributed by atoms with van der Waals surface area (Å²) in [7, 11) is 1.63. The molecule has 1 unspecified atom stereocenters. The second kappa shape index (κ2) is 15.4. The van der Waals surface area contributed by atoms with Crippen LogP contribution in [0.1, 0.15) is 48.5 Å². The highest BCUT2D eigenvalue weighted by molar-refractivity contribution is 8.26. The molecule has 0 bridgehead atoms. The maximum absolute atomic E-state index is 13.0. The number of nitrogens with one attached hydrogen (secondary N) is 4. The highest BCUT2D eigenvalue weighted by Crippen LogP contribution is 2.27. The summed E-state index contributed by atoms with van der Waals surface area (Å²) < 4.78 is 0.437. The van der Waals surface area contributed by atoms with Gasteiger partial charge < -0.3 is 21.3 Å². The summed E-state index contributed by atoms with van der Waals surface area (Å²) in [5.74, 6) is -0.919. The maximum atomic E-state index is 13.0. The largest absolute Gasteiger partial charge is 0.361 e. The molecule has 10 nitrogen and oxygen atoms in total. The number of thioether (sulfide) groups is 1. The molecule has 0 radical (unpaired) electrons. The van der Waals surface area contributed by atoms with E-state index in [2.05, 4.69) is 31.4 Å². The Kier molecular flexibility index (Phi) is 11.3. The average molecular weight is 619 g/mol. The van der Waals surface area contributed by atoms with Crippen molar-refractivity contribution >= 4 is 57.8 Å². The molecular weight excluding hydrogens is 585 g/mol. The SMILES string of the molecule is C/N=C1/C(N=O)=CC=C(NC2=CC=CC[C@@H]2C(=O)NCCCCCNC(=O)c2ccc(/C=C3\SC(=S)NC3=O)cc2)C1C. The lowest BCUT2D eigenvalue weighted by molar-refractivity contribution is -0.124. The molecule has 1 heterocycles. The Bertz CT molecular complexity index is 1470. The summed E-state index contributed by atoms with van der Waals surface area (Å²) in [4.78, 5) is 53.2. The van der Waals surface area contributed by atoms with E-state index >= 15 is 0 Å². The number of hydrogen-bond donors (Lipinski definition) is 4. The normalized spacial score (nSPS) is 21.6. The van der Waals surface area contributed by atoms with Gasteiger partial charge >= 0.3 is 0 Å². The van der Waals surface area contributed by atoms with Gasteiger partial charge in [0, 0.05) is 43.0 Å². The van der Waals surface area contributed by atoms with E-state index in [0.717, 1.165) is 36.2 Å². The van der Waals surface area contributed by atoms with Gasteiger partial charge in [-0.05, 0) is 72.9 Å². The molecule has 1 aliphatic heterocycles. The lowest BCUT2D eigenvalue weighted by atomic mass is 9.91. The molecule has 1 aromatic rings. The molecule has 4 N–H and O–H groups in total. The number of amides is 3. The number of rotatable bonds is 12. The van der Waals surface area contributed by atoms with E-state index in [1.807, 2.05) is 31.2 Å². The zero-order valence-corrected chi connectivity index (χ0v) is 25.6. The molecule has 2 aliphatic carbocycles. The molecule has 12 heteroatoms. The van der Waals surface area contributed by atoms with Crippen LogP contribution in [-0.2, 0) is 9.59 Å². The number of thiocarbonyl (C=S) groups is 1. The summed E-state index contributed by atoms with van der Waals surface area (Å²) in [6, 6.07) is 7.03. The van der Waals surface area contributed by atoms with Crippen LogP contribution in [0.5, 0.6) is 0 Å². The van der Waals surface area contributed by atoms with Crippen molar-refractivity contribution in [3.8, 4) is 0 Å². The van der Waals surface area contributed by atoms with Gasteiger partial charge in [0.2, 0.25) is 5.91 Å². The number of aliphatic imine (C=N–C) groups is 1. The molecule has 224 valence electrons. The van der Waals surface area contributed by atoms with Crippen molar-refractivity contribution in [3.63, 3.8) is 0 Å². The average Bonchev–Trinajstić information content (AvgIpc) is 3.33. The van der Waals surface area contributed by atoms with Gasteiger partial charge in [-0.2, -0.15) is 0 Å². The number of carbonyl (C=O) groups is 3. The highest BCUT2D eigenvalue weighted by atomic mass is 32.2. The fourth-order valence-electron chi connectivity index (χ4n) is 4.84. The topological polar surface area (TPSA) is 141 Å². The van der Waals surface area contributed by atoms with Gasteiger partial charge in [0.05, 0.1) is 16.5 Å². The van der Waals surface area contributed by atoms with Crippen molar-refractivity contribution in [2.45, 2.75) is 32.6 Å². The first-order chi connectivity index (χ1) is 20.8. The molecule has 43 heavy (non-hydrogen) atoms. The number of benzene rings is 1. The number of allylic oxidation sites excluding steroid dienone is 7. The molecule has 3 amide bonds. The number of unbranched alkanes of at least 4 members (excludes halogenated alkanes) is 2. The zero-order chi connectivity index (χ0) is 30.8. The van der Waals surface area contributed by atoms with E-state index in [-0.39, 0.29) is 29.6 Å². The predicted molar refractivity (Wildman–Crippen MR) is 175 cm³/mol. The Balaban J connectivity index is 1.16. The van der Waals surface area contributed by atoms with Crippen molar-refractivity contribution in [1.29, 1.82) is 0 Å². The fourth-order valence-corrected chi connectivity index (χ4v) is 5.89. The summed E-state index contributed by atoms with van der Waals surface area (Å²) in [5.41, 5.74) is 3.93. The molecule has 0 saturated carbocycles. The van der Waals surface area contributed by atoms with E-state index in [9.17, 15) is 19.3 Å². The highest BCUT2D eigenvalue weighted by Gasteiger charge is 2.28. The van der Waals surface area contributed by atoms with Crippen molar-refractivity contribution in [3.05, 3.63) is 92.7 Å². The molecule has 1 aromatic carbocycles. The monoisotopic (exact) mass is 618 g/mol. The lowest BCUT2D eigenvalue weighted by Gasteiger charge is -2.27. The minimum Gasteiger partial charge on any atom is -0.361 e. The van der Waals surface area contributed by atoms with Crippen LogP contribution < -0.4 is 21.3 Å². The van der Waals surface area contributed by atoms with Gasteiger partial charge in [0.25, 0.3) is 11.8 Å². The first-order valence-corrected chi connectivity index (χ1v) is 15.3. The summed E-state index contributed by atoms with van der Waals surface area (Å²) >= 11 is 6.22. The number of nitrogens with zero attached hydrogens (tertiary/aromatic N) is 2. The maximum Gasteiger partial charge on any atom is 0.263 e. The van der Waals surface area contributed by atoms with Crippen LogP contribution in [0.2, 0.25) is 0 Å². The zero-order valence-electron chi connectivity index (χ0n) is 24.0. The van der Waals surface area contributed by atoms with Crippen LogP contribution in [0.3, 0.4) is 0 Å². The molecule has 0 spiro atoms. The van der Waals surface area contributed by atoms with E-state index in [1.54, 1.807) is 43.5 Å².